The molecule has 0 aromatic heterocycles. The molecule has 0 fully saturated rings. The van der Waals surface area contributed by atoms with Crippen molar-refractivity contribution in [1.82, 2.24) is 0 Å². The molecule has 0 aliphatic carbocycles. The van der Waals surface area contributed by atoms with Crippen molar-refractivity contribution in [3.8, 4) is 11.5 Å². The summed E-state index contributed by atoms with van der Waals surface area (Å²) < 4.78 is 11.7. The second-order valence-corrected chi connectivity index (χ2v) is 10.6. The van der Waals surface area contributed by atoms with Gasteiger partial charge in [0.05, 0.1) is 11.1 Å². The molecule has 0 amide bonds. The number of carbonyl (C=O) groups is 2. The van der Waals surface area contributed by atoms with E-state index in [1.807, 2.05) is 86.7 Å². The van der Waals surface area contributed by atoms with Crippen molar-refractivity contribution in [3.63, 3.8) is 0 Å². The third kappa shape index (κ3) is 6.22. The third-order valence-electron chi connectivity index (χ3n) is 7.57. The van der Waals surface area contributed by atoms with E-state index in [0.29, 0.717) is 35.5 Å². The van der Waals surface area contributed by atoms with Crippen LogP contribution in [0.25, 0.3) is 0 Å². The Morgan fingerprint density at radius 3 is 1.34 bits per heavy atom. The van der Waals surface area contributed by atoms with Crippen LogP contribution in [0.2, 0.25) is 0 Å². The molecule has 4 aromatic rings. The maximum Gasteiger partial charge on any atom is 0.343 e. The SMILES string of the molecule is C=CCc1c(C(C)(C)c2ccc(OC(=O)c3ccccc3)c(C)c2CC=C)ccc(OC(=O)c2ccccc2)c1C. The third-order valence-corrected chi connectivity index (χ3v) is 7.57. The van der Waals surface area contributed by atoms with Gasteiger partial charge in [0.25, 0.3) is 0 Å². The van der Waals surface area contributed by atoms with E-state index in [-0.39, 0.29) is 0 Å². The second kappa shape index (κ2) is 12.6. The fraction of sp³-hybridized carbons (Fsp3) is 0.189. The van der Waals surface area contributed by atoms with Gasteiger partial charge in [0.2, 0.25) is 0 Å². The van der Waals surface area contributed by atoms with Crippen molar-refractivity contribution < 1.29 is 19.1 Å². The van der Waals surface area contributed by atoms with Gasteiger partial charge in [-0.2, -0.15) is 0 Å². The average molecular weight is 545 g/mol. The van der Waals surface area contributed by atoms with E-state index in [2.05, 4.69) is 27.0 Å². The molecule has 0 saturated heterocycles. The van der Waals surface area contributed by atoms with Crippen LogP contribution in [-0.4, -0.2) is 11.9 Å². The lowest BCUT2D eigenvalue weighted by Crippen LogP contribution is -2.24. The molecule has 0 heterocycles. The van der Waals surface area contributed by atoms with E-state index in [9.17, 15) is 9.59 Å². The first-order valence-corrected chi connectivity index (χ1v) is 13.7. The largest absolute Gasteiger partial charge is 0.423 e. The fourth-order valence-electron chi connectivity index (χ4n) is 5.29. The Morgan fingerprint density at radius 1 is 0.634 bits per heavy atom. The lowest BCUT2D eigenvalue weighted by atomic mass is 9.72. The minimum Gasteiger partial charge on any atom is -0.423 e. The molecule has 4 aromatic carbocycles. The van der Waals surface area contributed by atoms with Gasteiger partial charge in [-0.1, -0.05) is 74.5 Å². The van der Waals surface area contributed by atoms with Gasteiger partial charge in [0, 0.05) is 5.41 Å². The van der Waals surface area contributed by atoms with Gasteiger partial charge in [-0.3, -0.25) is 0 Å². The molecule has 0 aliphatic rings. The van der Waals surface area contributed by atoms with Crippen LogP contribution in [0.1, 0.15) is 67.9 Å². The summed E-state index contributed by atoms with van der Waals surface area (Å²) >= 11 is 0. The highest BCUT2D eigenvalue weighted by atomic mass is 16.5. The van der Waals surface area contributed by atoms with E-state index in [1.165, 1.54) is 0 Å². The molecule has 0 unspecified atom stereocenters. The molecule has 0 N–H and O–H groups in total. The predicted octanol–water partition coefficient (Wildman–Crippen LogP) is 8.52. The lowest BCUT2D eigenvalue weighted by Gasteiger charge is -2.33. The first kappa shape index (κ1) is 29.3. The number of esters is 2. The molecule has 41 heavy (non-hydrogen) atoms. The predicted molar refractivity (Wildman–Crippen MR) is 165 cm³/mol. The fourth-order valence-corrected chi connectivity index (χ4v) is 5.29. The first-order chi connectivity index (χ1) is 19.7. The number of ether oxygens (including phenoxy) is 2. The average Bonchev–Trinajstić information content (AvgIpc) is 2.98. The van der Waals surface area contributed by atoms with E-state index >= 15 is 0 Å². The molecule has 0 radical (unpaired) electrons. The number of carbonyl (C=O) groups excluding carboxylic acids is 2. The summed E-state index contributed by atoms with van der Waals surface area (Å²) in [5.41, 5.74) is 6.69. The van der Waals surface area contributed by atoms with Crippen LogP contribution in [0, 0.1) is 13.8 Å². The van der Waals surface area contributed by atoms with Gasteiger partial charge in [0.15, 0.2) is 0 Å². The van der Waals surface area contributed by atoms with Gasteiger partial charge in [-0.05, 0) is 96.5 Å². The Kier molecular flexibility index (Phi) is 9.04. The van der Waals surface area contributed by atoms with Crippen LogP contribution in [0.15, 0.2) is 110 Å². The molecular weight excluding hydrogens is 508 g/mol. The smallest absolute Gasteiger partial charge is 0.343 e. The van der Waals surface area contributed by atoms with Crippen molar-refractivity contribution >= 4 is 11.9 Å². The van der Waals surface area contributed by atoms with E-state index in [4.69, 9.17) is 9.47 Å². The minimum atomic E-state index is -0.434. The molecule has 0 spiro atoms. The zero-order valence-electron chi connectivity index (χ0n) is 24.2. The summed E-state index contributed by atoms with van der Waals surface area (Å²) in [6.45, 7) is 16.3. The van der Waals surface area contributed by atoms with Gasteiger partial charge in [-0.15, -0.1) is 13.2 Å². The van der Waals surface area contributed by atoms with Crippen molar-refractivity contribution in [3.05, 3.63) is 155 Å². The Labute approximate surface area is 243 Å². The first-order valence-electron chi connectivity index (χ1n) is 13.7. The summed E-state index contributed by atoms with van der Waals surface area (Å²) in [7, 11) is 0. The minimum absolute atomic E-state index is 0.394. The second-order valence-electron chi connectivity index (χ2n) is 10.6. The number of hydrogen-bond acceptors (Lipinski definition) is 4. The molecule has 0 bridgehead atoms. The Morgan fingerprint density at radius 2 is 1.00 bits per heavy atom. The highest BCUT2D eigenvalue weighted by Gasteiger charge is 2.31. The lowest BCUT2D eigenvalue weighted by molar-refractivity contribution is 0.0724. The Bertz CT molecular complexity index is 1460. The zero-order chi connectivity index (χ0) is 29.6. The van der Waals surface area contributed by atoms with Gasteiger partial charge in [0.1, 0.15) is 11.5 Å². The highest BCUT2D eigenvalue weighted by Crippen LogP contribution is 2.42. The summed E-state index contributed by atoms with van der Waals surface area (Å²) in [5, 5.41) is 0. The van der Waals surface area contributed by atoms with Crippen molar-refractivity contribution in [1.29, 1.82) is 0 Å². The van der Waals surface area contributed by atoms with Gasteiger partial charge < -0.3 is 9.47 Å². The number of allylic oxidation sites excluding steroid dienone is 2. The van der Waals surface area contributed by atoms with Crippen molar-refractivity contribution in [2.24, 2.45) is 0 Å². The maximum absolute atomic E-state index is 12.8. The van der Waals surface area contributed by atoms with Crippen LogP contribution in [0.4, 0.5) is 0 Å². The Hall–Kier alpha value is -4.70. The quantitative estimate of drug-likeness (QED) is 0.114. The molecule has 4 rings (SSSR count). The molecule has 0 aliphatic heterocycles. The van der Waals surface area contributed by atoms with Crippen LogP contribution in [0.3, 0.4) is 0 Å². The van der Waals surface area contributed by atoms with E-state index in [1.54, 1.807) is 24.3 Å². The zero-order valence-corrected chi connectivity index (χ0v) is 24.2. The Balaban J connectivity index is 1.74. The highest BCUT2D eigenvalue weighted by molar-refractivity contribution is 5.91. The topological polar surface area (TPSA) is 52.6 Å². The molecule has 4 nitrogen and oxygen atoms in total. The van der Waals surface area contributed by atoms with E-state index < -0.39 is 17.4 Å². The van der Waals surface area contributed by atoms with Crippen LogP contribution < -0.4 is 9.47 Å². The molecule has 0 saturated carbocycles. The van der Waals surface area contributed by atoms with E-state index in [0.717, 1.165) is 33.4 Å². The van der Waals surface area contributed by atoms with Crippen LogP contribution >= 0.6 is 0 Å². The monoisotopic (exact) mass is 544 g/mol. The summed E-state index contributed by atoms with van der Waals surface area (Å²) in [5.74, 6) is 0.270. The molecule has 0 atom stereocenters. The summed E-state index contributed by atoms with van der Waals surface area (Å²) in [6.07, 6.45) is 4.97. The van der Waals surface area contributed by atoms with Crippen LogP contribution in [-0.2, 0) is 18.3 Å². The summed E-state index contributed by atoms with van der Waals surface area (Å²) in [6, 6.07) is 25.8. The molecular formula is C37H36O4. The molecule has 4 heteroatoms. The van der Waals surface area contributed by atoms with Crippen molar-refractivity contribution in [2.75, 3.05) is 0 Å². The summed E-state index contributed by atoms with van der Waals surface area (Å²) in [4.78, 5) is 25.6. The van der Waals surface area contributed by atoms with Crippen molar-refractivity contribution in [2.45, 2.75) is 46.0 Å². The number of hydrogen-bond donors (Lipinski definition) is 0. The van der Waals surface area contributed by atoms with Gasteiger partial charge in [-0.25, -0.2) is 9.59 Å². The van der Waals surface area contributed by atoms with Crippen LogP contribution in [0.5, 0.6) is 11.5 Å². The molecule has 208 valence electrons. The standard InChI is InChI=1S/C37H36O4/c1-7-15-29-25(3)33(40-35(38)27-17-11-9-12-18-27)23-21-31(29)37(5,6)32-22-24-34(26(4)30(32)16-8-2)41-36(39)28-19-13-10-14-20-28/h7-14,17-24H,1-2,15-16H2,3-6H3. The van der Waals surface area contributed by atoms with Gasteiger partial charge >= 0.3 is 11.9 Å². The number of benzene rings is 4. The maximum atomic E-state index is 12.8. The normalized spacial score (nSPS) is 11.0. The number of rotatable bonds is 10.